The van der Waals surface area contributed by atoms with Crippen molar-refractivity contribution in [3.8, 4) is 0 Å². The lowest BCUT2D eigenvalue weighted by Gasteiger charge is -2.23. The summed E-state index contributed by atoms with van der Waals surface area (Å²) in [5.74, 6) is -6.38. The molecular weight excluding hydrogens is 395 g/mol. The van der Waals surface area contributed by atoms with Gasteiger partial charge in [0.25, 0.3) is 0 Å². The van der Waals surface area contributed by atoms with Crippen LogP contribution in [0.25, 0.3) is 10.8 Å². The van der Waals surface area contributed by atoms with Gasteiger partial charge in [-0.3, -0.25) is 0 Å². The molecule has 0 unspecified atom stereocenters. The summed E-state index contributed by atoms with van der Waals surface area (Å²) in [6.07, 6.45) is -4.78. The van der Waals surface area contributed by atoms with Gasteiger partial charge in [-0.15, -0.1) is 0 Å². The largest absolute Gasteiger partial charge is 0.457 e. The van der Waals surface area contributed by atoms with Crippen LogP contribution in [0.4, 0.5) is 22.0 Å². The highest BCUT2D eigenvalue weighted by Gasteiger charge is 2.58. The van der Waals surface area contributed by atoms with Gasteiger partial charge < -0.3 is 9.47 Å². The molecule has 0 fully saturated rings. The molecule has 0 atom stereocenters. The summed E-state index contributed by atoms with van der Waals surface area (Å²) in [6, 6.07) is 11.7. The van der Waals surface area contributed by atoms with Gasteiger partial charge in [0.1, 0.15) is 6.61 Å². The number of fused-ring (bicyclic) bond motifs is 1. The molecule has 2 aromatic carbocycles. The van der Waals surface area contributed by atoms with Crippen LogP contribution in [0.2, 0.25) is 0 Å². The number of carbonyl (C=O) groups excluding carboxylic acids is 1. The first-order valence-corrected chi connectivity index (χ1v) is 9.07. The molecule has 2 aromatic rings. The summed E-state index contributed by atoms with van der Waals surface area (Å²) in [5.41, 5.74) is 2.00. The van der Waals surface area contributed by atoms with Crippen molar-refractivity contribution in [1.82, 2.24) is 0 Å². The maximum Gasteiger partial charge on any atom is 0.456 e. The summed E-state index contributed by atoms with van der Waals surface area (Å²) in [5, 5.41) is 2.01. The van der Waals surface area contributed by atoms with Gasteiger partial charge in [0, 0.05) is 0 Å². The van der Waals surface area contributed by atoms with Crippen molar-refractivity contribution in [2.75, 3.05) is 13.2 Å². The number of alkyl halides is 5. The second-order valence-corrected chi connectivity index (χ2v) is 7.49. The average Bonchev–Trinajstić information content (AvgIpc) is 2.65. The van der Waals surface area contributed by atoms with Crippen LogP contribution in [-0.4, -0.2) is 31.3 Å². The van der Waals surface area contributed by atoms with Crippen molar-refractivity contribution in [3.63, 3.8) is 0 Å². The highest BCUT2D eigenvalue weighted by atomic mass is 19.4. The molecule has 0 aromatic heterocycles. The zero-order chi connectivity index (χ0) is 21.9. The Labute approximate surface area is 165 Å². The number of ether oxygens (including phenoxy) is 2. The van der Waals surface area contributed by atoms with E-state index in [1.165, 1.54) is 5.56 Å². The number of rotatable bonds is 8. The molecule has 2 rings (SSSR count). The minimum Gasteiger partial charge on any atom is -0.457 e. The molecule has 29 heavy (non-hydrogen) atoms. The van der Waals surface area contributed by atoms with E-state index in [1.807, 2.05) is 18.2 Å². The highest BCUT2D eigenvalue weighted by molar-refractivity contribution is 5.84. The van der Waals surface area contributed by atoms with E-state index in [1.54, 1.807) is 6.07 Å². The van der Waals surface area contributed by atoms with Gasteiger partial charge in [-0.1, -0.05) is 51.1 Å². The zero-order valence-corrected chi connectivity index (χ0v) is 16.4. The third-order valence-corrected chi connectivity index (χ3v) is 4.89. The normalized spacial score (nSPS) is 13.0. The van der Waals surface area contributed by atoms with Gasteiger partial charge in [-0.05, 0) is 39.8 Å². The second-order valence-electron chi connectivity index (χ2n) is 7.49. The fraction of sp³-hybridized carbons (Fsp3) is 0.476. The average molecular weight is 418 g/mol. The molecule has 0 amide bonds. The maximum absolute atomic E-state index is 12.7. The summed E-state index contributed by atoms with van der Waals surface area (Å²) in [7, 11) is 0. The Hall–Kier alpha value is -2.22. The van der Waals surface area contributed by atoms with Crippen molar-refractivity contribution < 1.29 is 36.2 Å². The van der Waals surface area contributed by atoms with Crippen molar-refractivity contribution in [1.29, 1.82) is 0 Å². The Kier molecular flexibility index (Phi) is 6.88. The summed E-state index contributed by atoms with van der Waals surface area (Å²) >= 11 is 0. The van der Waals surface area contributed by atoms with Crippen LogP contribution in [0, 0.1) is 0 Å². The first kappa shape index (κ1) is 23.1. The number of esters is 1. The fourth-order valence-electron chi connectivity index (χ4n) is 2.56. The topological polar surface area (TPSA) is 35.5 Å². The molecule has 0 N–H and O–H groups in total. The minimum atomic E-state index is -5.77. The Morgan fingerprint density at radius 3 is 2.21 bits per heavy atom. The zero-order valence-electron chi connectivity index (χ0n) is 16.4. The van der Waals surface area contributed by atoms with E-state index in [4.69, 9.17) is 4.74 Å². The predicted octanol–water partition coefficient (Wildman–Crippen LogP) is 5.78. The minimum absolute atomic E-state index is 0.0110. The number of hydrogen-bond acceptors (Lipinski definition) is 3. The van der Waals surface area contributed by atoms with E-state index in [0.29, 0.717) is 0 Å². The number of carbonyl (C=O) groups is 1. The van der Waals surface area contributed by atoms with Gasteiger partial charge in [0.05, 0.1) is 6.61 Å². The SMILES string of the molecule is CCC(C)(C)c1ccc2cc(COCC(=O)OCC(F)(F)C(F)(F)F)ccc2c1. The number of benzene rings is 2. The van der Waals surface area contributed by atoms with Gasteiger partial charge >= 0.3 is 18.1 Å². The third kappa shape index (κ3) is 5.88. The number of hydrogen-bond donors (Lipinski definition) is 0. The molecular formula is C21H23F5O3. The highest BCUT2D eigenvalue weighted by Crippen LogP contribution is 2.35. The Morgan fingerprint density at radius 2 is 1.59 bits per heavy atom. The van der Waals surface area contributed by atoms with E-state index < -0.39 is 31.3 Å². The fourth-order valence-corrected chi connectivity index (χ4v) is 2.56. The van der Waals surface area contributed by atoms with Gasteiger partial charge in [-0.2, -0.15) is 22.0 Å². The van der Waals surface area contributed by atoms with E-state index in [9.17, 15) is 26.7 Å². The van der Waals surface area contributed by atoms with Crippen LogP contribution in [0.15, 0.2) is 36.4 Å². The second kappa shape index (κ2) is 8.65. The summed E-state index contributed by atoms with van der Waals surface area (Å²) < 4.78 is 70.5. The van der Waals surface area contributed by atoms with Crippen LogP contribution in [0.5, 0.6) is 0 Å². The molecule has 0 aliphatic carbocycles. The van der Waals surface area contributed by atoms with Crippen LogP contribution >= 0.6 is 0 Å². The predicted molar refractivity (Wildman–Crippen MR) is 98.9 cm³/mol. The Morgan fingerprint density at radius 1 is 0.966 bits per heavy atom. The molecule has 0 saturated carbocycles. The molecule has 0 radical (unpaired) electrons. The van der Waals surface area contributed by atoms with Gasteiger partial charge in [-0.25, -0.2) is 4.79 Å². The van der Waals surface area contributed by atoms with Gasteiger partial charge in [0.2, 0.25) is 0 Å². The van der Waals surface area contributed by atoms with Gasteiger partial charge in [0.15, 0.2) is 6.61 Å². The van der Waals surface area contributed by atoms with E-state index >= 15 is 0 Å². The quantitative estimate of drug-likeness (QED) is 0.402. The number of halogens is 5. The van der Waals surface area contributed by atoms with Crippen molar-refractivity contribution in [2.45, 2.75) is 51.3 Å². The summed E-state index contributed by atoms with van der Waals surface area (Å²) in [6.45, 7) is 3.66. The van der Waals surface area contributed by atoms with Crippen molar-refractivity contribution in [3.05, 3.63) is 47.5 Å². The van der Waals surface area contributed by atoms with Crippen LogP contribution in [-0.2, 0) is 26.3 Å². The molecule has 160 valence electrons. The van der Waals surface area contributed by atoms with E-state index in [0.717, 1.165) is 22.8 Å². The first-order valence-electron chi connectivity index (χ1n) is 9.07. The van der Waals surface area contributed by atoms with E-state index in [2.05, 4.69) is 37.6 Å². The van der Waals surface area contributed by atoms with Crippen LogP contribution in [0.1, 0.15) is 38.3 Å². The smallest absolute Gasteiger partial charge is 0.456 e. The maximum atomic E-state index is 12.7. The van der Waals surface area contributed by atoms with Crippen LogP contribution < -0.4 is 0 Å². The third-order valence-electron chi connectivity index (χ3n) is 4.89. The molecule has 0 bridgehead atoms. The monoisotopic (exact) mass is 418 g/mol. The summed E-state index contributed by atoms with van der Waals surface area (Å²) in [4.78, 5) is 11.3. The molecule has 3 nitrogen and oxygen atoms in total. The van der Waals surface area contributed by atoms with Crippen molar-refractivity contribution in [2.24, 2.45) is 0 Å². The lowest BCUT2D eigenvalue weighted by atomic mass is 9.81. The Balaban J connectivity index is 1.91. The molecule has 0 aliphatic heterocycles. The standard InChI is InChI=1S/C21H23F5O3/c1-4-19(2,3)17-8-7-15-9-14(5-6-16(15)10-17)11-28-12-18(27)29-13-20(22,23)21(24,25)26/h5-10H,4,11-13H2,1-3H3. The molecule has 0 heterocycles. The first-order chi connectivity index (χ1) is 13.4. The van der Waals surface area contributed by atoms with Crippen molar-refractivity contribution >= 4 is 16.7 Å². The molecule has 0 aliphatic rings. The molecule has 0 saturated heterocycles. The Bertz CT molecular complexity index is 859. The lowest BCUT2D eigenvalue weighted by molar-refractivity contribution is -0.294. The van der Waals surface area contributed by atoms with Crippen LogP contribution in [0.3, 0.4) is 0 Å². The molecule has 0 spiro atoms. The lowest BCUT2D eigenvalue weighted by Crippen LogP contribution is -2.41. The molecule has 8 heteroatoms. The van der Waals surface area contributed by atoms with E-state index in [-0.39, 0.29) is 12.0 Å².